The van der Waals surface area contributed by atoms with E-state index in [2.05, 4.69) is 9.88 Å². The maximum Gasteiger partial charge on any atom is 0.181 e. The molecule has 1 aromatic rings. The van der Waals surface area contributed by atoms with E-state index in [1.54, 1.807) is 11.3 Å². The minimum Gasteiger partial charge on any atom is -0.346 e. The van der Waals surface area contributed by atoms with Crippen molar-refractivity contribution in [3.63, 3.8) is 0 Å². The molecule has 0 aliphatic carbocycles. The van der Waals surface area contributed by atoms with Crippen LogP contribution in [0.15, 0.2) is 11.7 Å². The quantitative estimate of drug-likeness (QED) is 0.784. The van der Waals surface area contributed by atoms with E-state index in [1.165, 1.54) is 4.88 Å². The second-order valence-corrected chi connectivity index (χ2v) is 5.36. The van der Waals surface area contributed by atoms with Crippen LogP contribution in [0.2, 0.25) is 0 Å². The van der Waals surface area contributed by atoms with Gasteiger partial charge in [0.2, 0.25) is 0 Å². The second kappa shape index (κ2) is 4.41. The van der Waals surface area contributed by atoms with Crippen LogP contribution < -0.4 is 0 Å². The molecule has 1 spiro atoms. The molecule has 4 nitrogen and oxygen atoms in total. The number of aromatic nitrogens is 1. The van der Waals surface area contributed by atoms with Gasteiger partial charge in [0, 0.05) is 24.0 Å². The third-order valence-corrected chi connectivity index (χ3v) is 3.94. The van der Waals surface area contributed by atoms with Crippen molar-refractivity contribution in [3.8, 4) is 0 Å². The number of hydrogen-bond donors (Lipinski definition) is 0. The maximum absolute atomic E-state index is 5.75. The molecule has 1 aromatic heterocycles. The number of piperidine rings is 1. The fraction of sp³-hybridized carbons (Fsp3) is 0.727. The van der Waals surface area contributed by atoms with Crippen LogP contribution in [0.1, 0.15) is 17.7 Å². The Balaban J connectivity index is 1.63. The predicted octanol–water partition coefficient (Wildman–Crippen LogP) is 1.48. The average molecular weight is 240 g/mol. The minimum atomic E-state index is -0.303. The second-order valence-electron chi connectivity index (χ2n) is 4.39. The van der Waals surface area contributed by atoms with Crippen molar-refractivity contribution in [1.82, 2.24) is 9.88 Å². The van der Waals surface area contributed by atoms with E-state index < -0.39 is 0 Å². The monoisotopic (exact) mass is 240 g/mol. The third kappa shape index (κ3) is 2.13. The van der Waals surface area contributed by atoms with Gasteiger partial charge in [-0.1, -0.05) is 0 Å². The highest BCUT2D eigenvalue weighted by Gasteiger charge is 2.40. The number of nitrogens with zero attached hydrogens (tertiary/aromatic N) is 2. The van der Waals surface area contributed by atoms with Gasteiger partial charge in [0.25, 0.3) is 0 Å². The standard InChI is InChI=1S/C11H16N2O2S/c1-2-11(14-4-5-15-11)8-13(3-1)7-10-6-12-9-16-10/h6,9H,1-5,7-8H2. The van der Waals surface area contributed by atoms with Crippen molar-refractivity contribution in [3.05, 3.63) is 16.6 Å². The first-order valence-corrected chi connectivity index (χ1v) is 6.62. The summed E-state index contributed by atoms with van der Waals surface area (Å²) < 4.78 is 11.5. The molecule has 0 bridgehead atoms. The largest absolute Gasteiger partial charge is 0.346 e. The van der Waals surface area contributed by atoms with Crippen LogP contribution >= 0.6 is 11.3 Å². The average Bonchev–Trinajstić information content (AvgIpc) is 2.91. The first kappa shape index (κ1) is 10.7. The Morgan fingerprint density at radius 1 is 1.44 bits per heavy atom. The molecule has 3 rings (SSSR count). The summed E-state index contributed by atoms with van der Waals surface area (Å²) in [5, 5.41) is 0. The van der Waals surface area contributed by atoms with E-state index in [9.17, 15) is 0 Å². The van der Waals surface area contributed by atoms with Crippen molar-refractivity contribution >= 4 is 11.3 Å². The molecule has 16 heavy (non-hydrogen) atoms. The van der Waals surface area contributed by atoms with Gasteiger partial charge >= 0.3 is 0 Å². The zero-order valence-corrected chi connectivity index (χ0v) is 10.0. The molecule has 3 heterocycles. The molecule has 2 saturated heterocycles. The molecule has 0 unspecified atom stereocenters. The molecule has 0 N–H and O–H groups in total. The normalized spacial score (nSPS) is 25.2. The van der Waals surface area contributed by atoms with Gasteiger partial charge in [-0.15, -0.1) is 11.3 Å². The van der Waals surface area contributed by atoms with Gasteiger partial charge in [0.1, 0.15) is 0 Å². The van der Waals surface area contributed by atoms with Gasteiger partial charge in [-0.05, 0) is 13.0 Å². The van der Waals surface area contributed by atoms with Crippen LogP contribution in [0.4, 0.5) is 0 Å². The molecule has 2 aliphatic heterocycles. The summed E-state index contributed by atoms with van der Waals surface area (Å²) in [7, 11) is 0. The van der Waals surface area contributed by atoms with Crippen LogP contribution in [-0.2, 0) is 16.0 Å². The lowest BCUT2D eigenvalue weighted by molar-refractivity contribution is -0.190. The fourth-order valence-electron chi connectivity index (χ4n) is 2.48. The summed E-state index contributed by atoms with van der Waals surface area (Å²) >= 11 is 1.71. The summed E-state index contributed by atoms with van der Waals surface area (Å²) in [6, 6.07) is 0. The van der Waals surface area contributed by atoms with Crippen molar-refractivity contribution in [2.75, 3.05) is 26.3 Å². The summed E-state index contributed by atoms with van der Waals surface area (Å²) in [5.41, 5.74) is 1.89. The summed E-state index contributed by atoms with van der Waals surface area (Å²) in [5.74, 6) is -0.303. The smallest absolute Gasteiger partial charge is 0.181 e. The molecule has 0 amide bonds. The maximum atomic E-state index is 5.75. The molecule has 0 aromatic carbocycles. The molecule has 5 heteroatoms. The van der Waals surface area contributed by atoms with Crippen LogP contribution in [0.25, 0.3) is 0 Å². The molecular formula is C11H16N2O2S. The summed E-state index contributed by atoms with van der Waals surface area (Å²) in [6.45, 7) is 4.49. The Labute approximate surface area is 99.2 Å². The zero-order valence-electron chi connectivity index (χ0n) is 9.22. The van der Waals surface area contributed by atoms with Gasteiger partial charge in [-0.25, -0.2) is 0 Å². The molecule has 0 saturated carbocycles. The number of ether oxygens (including phenoxy) is 2. The SMILES string of the molecule is c1ncc(CN2CCCC3(C2)OCCO3)s1. The number of rotatable bonds is 2. The molecule has 0 atom stereocenters. The predicted molar refractivity (Wildman–Crippen MR) is 61.3 cm³/mol. The molecule has 2 fully saturated rings. The zero-order chi connectivity index (χ0) is 10.8. The number of likely N-dealkylation sites (tertiary alicyclic amines) is 1. The van der Waals surface area contributed by atoms with E-state index >= 15 is 0 Å². The number of hydrogen-bond acceptors (Lipinski definition) is 5. The first-order valence-electron chi connectivity index (χ1n) is 5.74. The highest BCUT2D eigenvalue weighted by atomic mass is 32.1. The fourth-order valence-corrected chi connectivity index (χ4v) is 3.11. The van der Waals surface area contributed by atoms with Gasteiger partial charge < -0.3 is 9.47 Å². The van der Waals surface area contributed by atoms with Crippen LogP contribution in [0.5, 0.6) is 0 Å². The van der Waals surface area contributed by atoms with Gasteiger partial charge in [0.05, 0.1) is 25.3 Å². The Hall–Kier alpha value is -0.490. The first-order chi connectivity index (χ1) is 7.86. The topological polar surface area (TPSA) is 34.6 Å². The summed E-state index contributed by atoms with van der Waals surface area (Å²) in [6.07, 6.45) is 4.13. The molecule has 0 radical (unpaired) electrons. The van der Waals surface area contributed by atoms with Crippen LogP contribution in [-0.4, -0.2) is 42.0 Å². The Bertz CT molecular complexity index is 336. The van der Waals surface area contributed by atoms with Gasteiger partial charge in [-0.2, -0.15) is 0 Å². The lowest BCUT2D eigenvalue weighted by Crippen LogP contribution is -2.48. The van der Waals surface area contributed by atoms with E-state index in [1.807, 2.05) is 11.7 Å². The Morgan fingerprint density at radius 2 is 2.31 bits per heavy atom. The van der Waals surface area contributed by atoms with E-state index in [0.29, 0.717) is 0 Å². The number of thiazole rings is 1. The molecular weight excluding hydrogens is 224 g/mol. The van der Waals surface area contributed by atoms with Crippen molar-refractivity contribution < 1.29 is 9.47 Å². The lowest BCUT2D eigenvalue weighted by Gasteiger charge is -2.38. The summed E-state index contributed by atoms with van der Waals surface area (Å²) in [4.78, 5) is 7.83. The van der Waals surface area contributed by atoms with Crippen molar-refractivity contribution in [2.45, 2.75) is 25.2 Å². The van der Waals surface area contributed by atoms with E-state index in [0.717, 1.165) is 45.7 Å². The molecule has 88 valence electrons. The Morgan fingerprint density at radius 3 is 3.06 bits per heavy atom. The Kier molecular flexibility index (Phi) is 2.93. The van der Waals surface area contributed by atoms with Gasteiger partial charge in [0.15, 0.2) is 5.79 Å². The van der Waals surface area contributed by atoms with E-state index in [4.69, 9.17) is 9.47 Å². The lowest BCUT2D eigenvalue weighted by atomic mass is 10.0. The van der Waals surface area contributed by atoms with Crippen molar-refractivity contribution in [1.29, 1.82) is 0 Å². The van der Waals surface area contributed by atoms with Crippen molar-refractivity contribution in [2.24, 2.45) is 0 Å². The third-order valence-electron chi connectivity index (χ3n) is 3.17. The van der Waals surface area contributed by atoms with Crippen LogP contribution in [0.3, 0.4) is 0 Å². The van der Waals surface area contributed by atoms with E-state index in [-0.39, 0.29) is 5.79 Å². The van der Waals surface area contributed by atoms with Gasteiger partial charge in [-0.3, -0.25) is 9.88 Å². The highest BCUT2D eigenvalue weighted by molar-refractivity contribution is 7.09. The highest BCUT2D eigenvalue weighted by Crippen LogP contribution is 2.30. The molecule has 2 aliphatic rings. The minimum absolute atomic E-state index is 0.303. The van der Waals surface area contributed by atoms with Crippen LogP contribution in [0, 0.1) is 0 Å².